The van der Waals surface area contributed by atoms with Crippen molar-refractivity contribution in [2.75, 3.05) is 13.7 Å². The number of benzene rings is 1. The molecule has 1 rings (SSSR count). The van der Waals surface area contributed by atoms with Crippen LogP contribution in [0.25, 0.3) is 0 Å². The highest BCUT2D eigenvalue weighted by atomic mass is 16.6. The topological polar surface area (TPSA) is 85.4 Å². The summed E-state index contributed by atoms with van der Waals surface area (Å²) in [6.07, 6.45) is 0. The molecular formula is C10H10N2O4. The molecule has 0 N–H and O–H groups in total. The number of nitrogens with zero attached hydrogens (tertiary/aromatic N) is 2. The van der Waals surface area contributed by atoms with Crippen LogP contribution >= 0.6 is 0 Å². The van der Waals surface area contributed by atoms with Crippen LogP contribution in [0.5, 0.6) is 11.5 Å². The van der Waals surface area contributed by atoms with Gasteiger partial charge >= 0.3 is 0 Å². The first-order valence-corrected chi connectivity index (χ1v) is 4.53. The minimum Gasteiger partial charge on any atom is -0.493 e. The van der Waals surface area contributed by atoms with E-state index in [0.717, 1.165) is 0 Å². The second kappa shape index (κ2) is 4.98. The van der Waals surface area contributed by atoms with Crippen LogP contribution in [0.1, 0.15) is 12.5 Å². The van der Waals surface area contributed by atoms with Gasteiger partial charge in [-0.2, -0.15) is 5.26 Å². The van der Waals surface area contributed by atoms with E-state index in [9.17, 15) is 10.1 Å². The van der Waals surface area contributed by atoms with E-state index in [4.69, 9.17) is 14.7 Å². The van der Waals surface area contributed by atoms with Crippen molar-refractivity contribution in [2.45, 2.75) is 6.92 Å². The lowest BCUT2D eigenvalue weighted by Gasteiger charge is -2.09. The molecule has 0 saturated carbocycles. The molecule has 0 radical (unpaired) electrons. The van der Waals surface area contributed by atoms with Crippen molar-refractivity contribution in [3.63, 3.8) is 0 Å². The Labute approximate surface area is 92.2 Å². The fraction of sp³-hybridized carbons (Fsp3) is 0.300. The second-order valence-electron chi connectivity index (χ2n) is 2.82. The third kappa shape index (κ3) is 2.20. The molecule has 0 aliphatic rings. The summed E-state index contributed by atoms with van der Waals surface area (Å²) in [6, 6.07) is 4.24. The summed E-state index contributed by atoms with van der Waals surface area (Å²) in [5.74, 6) is 0.569. The molecule has 0 unspecified atom stereocenters. The summed E-state index contributed by atoms with van der Waals surface area (Å²) in [5, 5.41) is 19.4. The molecule has 6 nitrogen and oxygen atoms in total. The Morgan fingerprint density at radius 3 is 2.62 bits per heavy atom. The van der Waals surface area contributed by atoms with Gasteiger partial charge in [-0.05, 0) is 6.92 Å². The predicted molar refractivity (Wildman–Crippen MR) is 55.5 cm³/mol. The van der Waals surface area contributed by atoms with Crippen molar-refractivity contribution in [3.8, 4) is 17.6 Å². The number of nitro benzene ring substituents is 1. The third-order valence-corrected chi connectivity index (χ3v) is 1.90. The van der Waals surface area contributed by atoms with Gasteiger partial charge in [-0.15, -0.1) is 0 Å². The number of ether oxygens (including phenoxy) is 2. The molecule has 6 heteroatoms. The van der Waals surface area contributed by atoms with Gasteiger partial charge in [0.1, 0.15) is 11.6 Å². The fourth-order valence-electron chi connectivity index (χ4n) is 1.22. The van der Waals surface area contributed by atoms with E-state index in [1.807, 2.05) is 0 Å². The maximum atomic E-state index is 10.7. The van der Waals surface area contributed by atoms with Gasteiger partial charge in [0.25, 0.3) is 5.69 Å². The molecule has 0 spiro atoms. The summed E-state index contributed by atoms with van der Waals surface area (Å²) in [4.78, 5) is 10.0. The Bertz CT molecular complexity index is 451. The highest BCUT2D eigenvalue weighted by Crippen LogP contribution is 2.34. The highest BCUT2D eigenvalue weighted by Gasteiger charge is 2.19. The molecule has 1 aromatic rings. The second-order valence-corrected chi connectivity index (χ2v) is 2.82. The van der Waals surface area contributed by atoms with Crippen molar-refractivity contribution < 1.29 is 14.4 Å². The van der Waals surface area contributed by atoms with Crippen molar-refractivity contribution in [2.24, 2.45) is 0 Å². The molecule has 0 amide bonds. The van der Waals surface area contributed by atoms with E-state index in [1.54, 1.807) is 13.0 Å². The standard InChI is InChI=1S/C10H10N2O4/c1-3-16-10-4-7(6-11)8(12(13)14)5-9(10)15-2/h4-5H,3H2,1-2H3. The summed E-state index contributed by atoms with van der Waals surface area (Å²) >= 11 is 0. The normalized spacial score (nSPS) is 9.31. The first kappa shape index (κ1) is 11.8. The van der Waals surface area contributed by atoms with Crippen LogP contribution in [0.4, 0.5) is 5.69 Å². The quantitative estimate of drug-likeness (QED) is 0.573. The van der Waals surface area contributed by atoms with Crippen LogP contribution in [-0.2, 0) is 0 Å². The van der Waals surface area contributed by atoms with Gasteiger partial charge in [-0.25, -0.2) is 0 Å². The average Bonchev–Trinajstić information content (AvgIpc) is 2.28. The minimum absolute atomic E-state index is 0.0470. The van der Waals surface area contributed by atoms with Crippen molar-refractivity contribution in [1.29, 1.82) is 5.26 Å². The third-order valence-electron chi connectivity index (χ3n) is 1.90. The van der Waals surface area contributed by atoms with E-state index in [0.29, 0.717) is 12.4 Å². The van der Waals surface area contributed by atoms with Gasteiger partial charge in [-0.3, -0.25) is 10.1 Å². The molecule has 0 atom stereocenters. The summed E-state index contributed by atoms with van der Waals surface area (Å²) in [5.41, 5.74) is -0.336. The minimum atomic E-state index is -0.628. The largest absolute Gasteiger partial charge is 0.493 e. The molecule has 0 bridgehead atoms. The summed E-state index contributed by atoms with van der Waals surface area (Å²) < 4.78 is 10.2. The van der Waals surface area contributed by atoms with Gasteiger partial charge in [0.05, 0.1) is 24.7 Å². The lowest BCUT2D eigenvalue weighted by molar-refractivity contribution is -0.385. The van der Waals surface area contributed by atoms with Gasteiger partial charge in [0.2, 0.25) is 0 Å². The van der Waals surface area contributed by atoms with E-state index in [2.05, 4.69) is 0 Å². The maximum Gasteiger partial charge on any atom is 0.291 e. The SMILES string of the molecule is CCOc1cc(C#N)c([N+](=O)[O-])cc1OC. The Morgan fingerprint density at radius 2 is 2.19 bits per heavy atom. The van der Waals surface area contributed by atoms with Crippen LogP contribution in [0.2, 0.25) is 0 Å². The first-order chi connectivity index (χ1) is 7.63. The lowest BCUT2D eigenvalue weighted by atomic mass is 10.1. The van der Waals surface area contributed by atoms with Crippen molar-refractivity contribution in [3.05, 3.63) is 27.8 Å². The molecular weight excluding hydrogens is 212 g/mol. The maximum absolute atomic E-state index is 10.7. The molecule has 0 saturated heterocycles. The molecule has 1 aromatic carbocycles. The molecule has 0 aliphatic carbocycles. The molecule has 0 heterocycles. The van der Waals surface area contributed by atoms with Gasteiger partial charge in [0, 0.05) is 6.07 Å². The lowest BCUT2D eigenvalue weighted by Crippen LogP contribution is -1.99. The van der Waals surface area contributed by atoms with Gasteiger partial charge in [0.15, 0.2) is 11.5 Å². The van der Waals surface area contributed by atoms with Crippen LogP contribution in [-0.4, -0.2) is 18.6 Å². The van der Waals surface area contributed by atoms with Crippen molar-refractivity contribution in [1.82, 2.24) is 0 Å². The zero-order valence-corrected chi connectivity index (χ0v) is 8.89. The molecule has 16 heavy (non-hydrogen) atoms. The number of rotatable bonds is 4. The van der Waals surface area contributed by atoms with Crippen molar-refractivity contribution >= 4 is 5.69 Å². The number of methoxy groups -OCH3 is 1. The molecule has 84 valence electrons. The van der Waals surface area contributed by atoms with Crippen LogP contribution in [0, 0.1) is 21.4 Å². The number of nitro groups is 1. The zero-order valence-electron chi connectivity index (χ0n) is 8.89. The Kier molecular flexibility index (Phi) is 3.67. The molecule has 0 aliphatic heterocycles. The zero-order chi connectivity index (χ0) is 12.1. The van der Waals surface area contributed by atoms with Crippen LogP contribution < -0.4 is 9.47 Å². The molecule has 0 fully saturated rings. The Balaban J connectivity index is 3.35. The fourth-order valence-corrected chi connectivity index (χ4v) is 1.22. The van der Waals surface area contributed by atoms with Gasteiger partial charge in [-0.1, -0.05) is 0 Å². The first-order valence-electron chi connectivity index (χ1n) is 4.53. The van der Waals surface area contributed by atoms with E-state index in [-0.39, 0.29) is 17.0 Å². The smallest absolute Gasteiger partial charge is 0.291 e. The number of hydrogen-bond donors (Lipinski definition) is 0. The van der Waals surface area contributed by atoms with Crippen LogP contribution in [0.3, 0.4) is 0 Å². The Morgan fingerprint density at radius 1 is 1.50 bits per heavy atom. The number of hydrogen-bond acceptors (Lipinski definition) is 5. The van der Waals surface area contributed by atoms with E-state index < -0.39 is 4.92 Å². The number of nitriles is 1. The Hall–Kier alpha value is -2.29. The highest BCUT2D eigenvalue weighted by molar-refractivity contribution is 5.58. The monoisotopic (exact) mass is 222 g/mol. The predicted octanol–water partition coefficient (Wildman–Crippen LogP) is 1.87. The summed E-state index contributed by atoms with van der Waals surface area (Å²) in [7, 11) is 1.38. The van der Waals surface area contributed by atoms with E-state index >= 15 is 0 Å². The summed E-state index contributed by atoms with van der Waals surface area (Å²) in [6.45, 7) is 2.16. The van der Waals surface area contributed by atoms with Gasteiger partial charge < -0.3 is 9.47 Å². The van der Waals surface area contributed by atoms with Crippen LogP contribution in [0.15, 0.2) is 12.1 Å². The van der Waals surface area contributed by atoms with E-state index in [1.165, 1.54) is 19.2 Å². The average molecular weight is 222 g/mol. The molecule has 0 aromatic heterocycles.